The lowest BCUT2D eigenvalue weighted by Crippen LogP contribution is -1.77. The molecule has 0 saturated carbocycles. The Balaban J connectivity index is 2.48. The standard InChI is InChI=1S/C12H6FNO2/c1-14-11-6-8(2-4-10(11)13)12-5-3-9(7-15)16-12/h2-7H. The minimum absolute atomic E-state index is 0.0680. The van der Waals surface area contributed by atoms with Gasteiger partial charge in [-0.25, -0.2) is 9.24 Å². The van der Waals surface area contributed by atoms with E-state index in [1.807, 2.05) is 0 Å². The van der Waals surface area contributed by atoms with Crippen LogP contribution in [0.25, 0.3) is 16.2 Å². The molecule has 0 fully saturated rings. The van der Waals surface area contributed by atoms with E-state index < -0.39 is 5.82 Å². The van der Waals surface area contributed by atoms with E-state index in [0.29, 0.717) is 17.6 Å². The van der Waals surface area contributed by atoms with Crippen LogP contribution in [0.4, 0.5) is 10.1 Å². The van der Waals surface area contributed by atoms with Crippen molar-refractivity contribution in [1.29, 1.82) is 0 Å². The molecular weight excluding hydrogens is 209 g/mol. The highest BCUT2D eigenvalue weighted by Gasteiger charge is 2.08. The second kappa shape index (κ2) is 3.99. The van der Waals surface area contributed by atoms with E-state index in [9.17, 15) is 9.18 Å². The van der Waals surface area contributed by atoms with Crippen LogP contribution in [0.1, 0.15) is 10.6 Å². The zero-order chi connectivity index (χ0) is 11.5. The molecule has 0 aliphatic heterocycles. The first-order valence-corrected chi connectivity index (χ1v) is 4.47. The molecule has 1 aromatic carbocycles. The molecule has 3 nitrogen and oxygen atoms in total. The minimum Gasteiger partial charge on any atom is -0.453 e. The second-order valence-electron chi connectivity index (χ2n) is 3.10. The summed E-state index contributed by atoms with van der Waals surface area (Å²) in [6, 6.07) is 7.20. The van der Waals surface area contributed by atoms with E-state index >= 15 is 0 Å². The Morgan fingerprint density at radius 1 is 1.31 bits per heavy atom. The number of nitrogens with zero attached hydrogens (tertiary/aromatic N) is 1. The average Bonchev–Trinajstić information content (AvgIpc) is 2.78. The SMILES string of the molecule is [C-]#[N+]c1cc(-c2ccc(C=O)o2)ccc1F. The third-order valence-electron chi connectivity index (χ3n) is 2.09. The topological polar surface area (TPSA) is 34.6 Å². The number of carbonyl (C=O) groups excluding carboxylic acids is 1. The van der Waals surface area contributed by atoms with Crippen molar-refractivity contribution in [3.8, 4) is 11.3 Å². The summed E-state index contributed by atoms with van der Waals surface area (Å²) in [5.74, 6) is 0.0663. The lowest BCUT2D eigenvalue weighted by molar-refractivity contribution is 0.110. The molecule has 0 aliphatic carbocycles. The van der Waals surface area contributed by atoms with Crippen molar-refractivity contribution < 1.29 is 13.6 Å². The first kappa shape index (κ1) is 10.1. The van der Waals surface area contributed by atoms with E-state index in [2.05, 4.69) is 4.85 Å². The molecule has 2 rings (SSSR count). The normalized spacial score (nSPS) is 9.75. The monoisotopic (exact) mass is 215 g/mol. The molecule has 0 spiro atoms. The summed E-state index contributed by atoms with van der Waals surface area (Å²) in [7, 11) is 0. The Labute approximate surface area is 90.9 Å². The fourth-order valence-corrected chi connectivity index (χ4v) is 1.32. The summed E-state index contributed by atoms with van der Waals surface area (Å²) in [6.07, 6.45) is 0.586. The van der Waals surface area contributed by atoms with Crippen LogP contribution in [0.2, 0.25) is 0 Å². The first-order valence-electron chi connectivity index (χ1n) is 4.47. The number of rotatable bonds is 2. The molecule has 0 amide bonds. The van der Waals surface area contributed by atoms with Crippen molar-refractivity contribution in [2.45, 2.75) is 0 Å². The molecule has 0 saturated heterocycles. The van der Waals surface area contributed by atoms with Crippen molar-refractivity contribution in [1.82, 2.24) is 0 Å². The van der Waals surface area contributed by atoms with Gasteiger partial charge in [-0.15, -0.1) is 0 Å². The summed E-state index contributed by atoms with van der Waals surface area (Å²) >= 11 is 0. The van der Waals surface area contributed by atoms with E-state index in [1.165, 1.54) is 24.3 Å². The summed E-state index contributed by atoms with van der Waals surface area (Å²) in [6.45, 7) is 6.78. The highest BCUT2D eigenvalue weighted by Crippen LogP contribution is 2.27. The van der Waals surface area contributed by atoms with Crippen molar-refractivity contribution in [2.24, 2.45) is 0 Å². The van der Waals surface area contributed by atoms with Crippen LogP contribution in [0.15, 0.2) is 34.7 Å². The lowest BCUT2D eigenvalue weighted by atomic mass is 10.1. The van der Waals surface area contributed by atoms with Crippen molar-refractivity contribution in [2.75, 3.05) is 0 Å². The summed E-state index contributed by atoms with van der Waals surface area (Å²) in [5.41, 5.74) is 0.502. The van der Waals surface area contributed by atoms with Crippen LogP contribution < -0.4 is 0 Å². The Hall–Kier alpha value is -2.41. The van der Waals surface area contributed by atoms with Gasteiger partial charge >= 0.3 is 0 Å². The predicted molar refractivity (Wildman–Crippen MR) is 55.8 cm³/mol. The molecule has 0 atom stereocenters. The van der Waals surface area contributed by atoms with Crippen molar-refractivity contribution in [3.05, 3.63) is 53.3 Å². The molecule has 78 valence electrons. The number of carbonyl (C=O) groups is 1. The van der Waals surface area contributed by atoms with Crippen LogP contribution >= 0.6 is 0 Å². The molecule has 4 heteroatoms. The van der Waals surface area contributed by atoms with Crippen LogP contribution in [0, 0.1) is 12.4 Å². The highest BCUT2D eigenvalue weighted by atomic mass is 19.1. The second-order valence-corrected chi connectivity index (χ2v) is 3.10. The van der Waals surface area contributed by atoms with Gasteiger partial charge in [0, 0.05) is 5.56 Å². The van der Waals surface area contributed by atoms with Gasteiger partial charge in [0.05, 0.1) is 6.57 Å². The Bertz CT molecular complexity index is 581. The van der Waals surface area contributed by atoms with E-state index in [1.54, 1.807) is 6.07 Å². The largest absolute Gasteiger partial charge is 0.453 e. The molecule has 0 radical (unpaired) electrons. The smallest absolute Gasteiger partial charge is 0.222 e. The summed E-state index contributed by atoms with van der Waals surface area (Å²) in [4.78, 5) is 13.5. The van der Waals surface area contributed by atoms with Gasteiger partial charge in [0.15, 0.2) is 12.0 Å². The lowest BCUT2D eigenvalue weighted by Gasteiger charge is -1.98. The Morgan fingerprint density at radius 3 is 2.75 bits per heavy atom. The highest BCUT2D eigenvalue weighted by molar-refractivity contribution is 5.73. The fourth-order valence-electron chi connectivity index (χ4n) is 1.32. The van der Waals surface area contributed by atoms with Crippen LogP contribution in [-0.4, -0.2) is 6.29 Å². The molecular formula is C12H6FNO2. The van der Waals surface area contributed by atoms with Gasteiger partial charge in [0.25, 0.3) is 0 Å². The quantitative estimate of drug-likeness (QED) is 0.568. The molecule has 2 aromatic rings. The van der Waals surface area contributed by atoms with Crippen LogP contribution in [-0.2, 0) is 0 Å². The first-order chi connectivity index (χ1) is 7.74. The number of aldehydes is 1. The maximum Gasteiger partial charge on any atom is 0.222 e. The van der Waals surface area contributed by atoms with Gasteiger partial charge in [-0.05, 0) is 24.3 Å². The third kappa shape index (κ3) is 1.71. The summed E-state index contributed by atoms with van der Waals surface area (Å²) < 4.78 is 18.2. The maximum absolute atomic E-state index is 13.1. The van der Waals surface area contributed by atoms with Gasteiger partial charge in [0.1, 0.15) is 11.6 Å². The molecule has 16 heavy (non-hydrogen) atoms. The average molecular weight is 215 g/mol. The van der Waals surface area contributed by atoms with Crippen molar-refractivity contribution in [3.63, 3.8) is 0 Å². The molecule has 0 N–H and O–H groups in total. The fraction of sp³-hybridized carbons (Fsp3) is 0. The predicted octanol–water partition coefficient (Wildman–Crippen LogP) is 3.45. The number of benzene rings is 1. The van der Waals surface area contributed by atoms with E-state index in [4.69, 9.17) is 11.0 Å². The van der Waals surface area contributed by atoms with Gasteiger partial charge in [-0.1, -0.05) is 6.07 Å². The van der Waals surface area contributed by atoms with Crippen LogP contribution in [0.5, 0.6) is 0 Å². The van der Waals surface area contributed by atoms with E-state index in [-0.39, 0.29) is 11.4 Å². The van der Waals surface area contributed by atoms with Gasteiger partial charge in [-0.3, -0.25) is 4.79 Å². The molecule has 1 aromatic heterocycles. The zero-order valence-corrected chi connectivity index (χ0v) is 8.11. The third-order valence-corrected chi connectivity index (χ3v) is 2.09. The maximum atomic E-state index is 13.1. The minimum atomic E-state index is -0.569. The number of furan rings is 1. The molecule has 0 unspecified atom stereocenters. The van der Waals surface area contributed by atoms with Gasteiger partial charge in [-0.2, -0.15) is 0 Å². The van der Waals surface area contributed by atoms with Gasteiger partial charge < -0.3 is 4.42 Å². The summed E-state index contributed by atoms with van der Waals surface area (Å²) in [5, 5.41) is 0. The number of hydrogen-bond donors (Lipinski definition) is 0. The Morgan fingerprint density at radius 2 is 2.12 bits per heavy atom. The molecule has 0 aliphatic rings. The molecule has 0 bridgehead atoms. The zero-order valence-electron chi connectivity index (χ0n) is 8.11. The van der Waals surface area contributed by atoms with Crippen molar-refractivity contribution >= 4 is 12.0 Å². The Kier molecular flexibility index (Phi) is 2.52. The number of halogens is 1. The van der Waals surface area contributed by atoms with Gasteiger partial charge in [0.2, 0.25) is 5.69 Å². The van der Waals surface area contributed by atoms with E-state index in [0.717, 1.165) is 0 Å². The number of hydrogen-bond acceptors (Lipinski definition) is 2. The molecule has 1 heterocycles. The van der Waals surface area contributed by atoms with Crippen LogP contribution in [0.3, 0.4) is 0 Å².